The summed E-state index contributed by atoms with van der Waals surface area (Å²) in [6.45, 7) is 1.19. The van der Waals surface area contributed by atoms with Gasteiger partial charge in [-0.15, -0.1) is 0 Å². The fourth-order valence-electron chi connectivity index (χ4n) is 2.95. The first-order chi connectivity index (χ1) is 12.2. The maximum absolute atomic E-state index is 11.8. The highest BCUT2D eigenvalue weighted by Crippen LogP contribution is 2.21. The van der Waals surface area contributed by atoms with E-state index in [9.17, 15) is 4.79 Å². The number of hydrogen-bond acceptors (Lipinski definition) is 3. The average molecular weight is 359 g/mol. The minimum atomic E-state index is -0.344. The van der Waals surface area contributed by atoms with Gasteiger partial charge in [0.15, 0.2) is 0 Å². The Labute approximate surface area is 153 Å². The third-order valence-electron chi connectivity index (χ3n) is 4.46. The summed E-state index contributed by atoms with van der Waals surface area (Å²) in [7, 11) is 0. The Kier molecular flexibility index (Phi) is 6.31. The Morgan fingerprint density at radius 3 is 2.52 bits per heavy atom. The van der Waals surface area contributed by atoms with Gasteiger partial charge < -0.3 is 15.4 Å². The molecule has 3 rings (SSSR count). The van der Waals surface area contributed by atoms with Crippen LogP contribution in [0.3, 0.4) is 0 Å². The molecular weight excluding hydrogens is 336 g/mol. The molecule has 0 aliphatic heterocycles. The number of alkyl carbamates (subject to hydrolysis) is 1. The van der Waals surface area contributed by atoms with Crippen LogP contribution in [0, 0.1) is 0 Å². The third kappa shape index (κ3) is 5.48. The van der Waals surface area contributed by atoms with Gasteiger partial charge in [-0.05, 0) is 43.0 Å². The number of nitrogens with one attached hydrogen (secondary N) is 2. The molecule has 5 heteroatoms. The van der Waals surface area contributed by atoms with Crippen LogP contribution >= 0.6 is 11.6 Å². The van der Waals surface area contributed by atoms with E-state index in [-0.39, 0.29) is 12.1 Å². The number of rotatable bonds is 7. The average Bonchev–Trinajstić information content (AvgIpc) is 2.60. The molecule has 0 heterocycles. The van der Waals surface area contributed by atoms with E-state index in [0.29, 0.717) is 12.6 Å². The Balaban J connectivity index is 1.28. The lowest BCUT2D eigenvalue weighted by atomic mass is 9.87. The van der Waals surface area contributed by atoms with E-state index < -0.39 is 0 Å². The van der Waals surface area contributed by atoms with Gasteiger partial charge in [-0.25, -0.2) is 4.79 Å². The zero-order chi connectivity index (χ0) is 17.5. The Morgan fingerprint density at radius 1 is 1.04 bits per heavy atom. The van der Waals surface area contributed by atoms with Crippen LogP contribution < -0.4 is 10.6 Å². The van der Waals surface area contributed by atoms with Gasteiger partial charge in [0.1, 0.15) is 6.61 Å². The minimum absolute atomic E-state index is 0.195. The molecule has 0 atom stereocenters. The van der Waals surface area contributed by atoms with E-state index in [4.69, 9.17) is 16.3 Å². The number of hydrogen-bond donors (Lipinski definition) is 2. The van der Waals surface area contributed by atoms with E-state index in [1.165, 1.54) is 0 Å². The Morgan fingerprint density at radius 2 is 1.76 bits per heavy atom. The molecule has 2 aromatic carbocycles. The highest BCUT2D eigenvalue weighted by atomic mass is 35.5. The van der Waals surface area contributed by atoms with Crippen LogP contribution in [-0.2, 0) is 17.8 Å². The molecule has 1 saturated carbocycles. The monoisotopic (exact) mass is 358 g/mol. The predicted octanol–water partition coefficient (Wildman–Crippen LogP) is 3.93. The topological polar surface area (TPSA) is 50.4 Å². The molecule has 1 aliphatic rings. The van der Waals surface area contributed by atoms with E-state index in [1.54, 1.807) is 0 Å². The zero-order valence-electron chi connectivity index (χ0n) is 14.1. The summed E-state index contributed by atoms with van der Waals surface area (Å²) in [6, 6.07) is 18.2. The molecule has 0 spiro atoms. The third-order valence-corrected chi connectivity index (χ3v) is 4.83. The molecule has 0 aromatic heterocycles. The van der Waals surface area contributed by atoms with Crippen LogP contribution in [0.25, 0.3) is 0 Å². The maximum Gasteiger partial charge on any atom is 0.407 e. The Hall–Kier alpha value is -2.04. The number of carbonyl (C=O) groups is 1. The highest BCUT2D eigenvalue weighted by molar-refractivity contribution is 6.31. The molecule has 2 aromatic rings. The molecule has 0 unspecified atom stereocenters. The van der Waals surface area contributed by atoms with Crippen molar-refractivity contribution >= 4 is 17.7 Å². The van der Waals surface area contributed by atoms with Gasteiger partial charge >= 0.3 is 6.09 Å². The summed E-state index contributed by atoms with van der Waals surface area (Å²) < 4.78 is 5.24. The second kappa shape index (κ2) is 8.88. The minimum Gasteiger partial charge on any atom is -0.445 e. The summed E-state index contributed by atoms with van der Waals surface area (Å²) in [5, 5.41) is 7.23. The molecule has 0 saturated heterocycles. The molecule has 0 bridgehead atoms. The van der Waals surface area contributed by atoms with Crippen LogP contribution in [-0.4, -0.2) is 24.7 Å². The molecule has 0 radical (unpaired) electrons. The van der Waals surface area contributed by atoms with E-state index in [1.807, 2.05) is 48.5 Å². The second-order valence-electron chi connectivity index (χ2n) is 6.37. The molecule has 132 valence electrons. The van der Waals surface area contributed by atoms with E-state index in [0.717, 1.165) is 42.0 Å². The standard InChI is InChI=1S/C20H23ClN2O2/c21-19-9-5-4-8-16(19)10-11-22-17-12-18(13-17)23-20(24)25-14-15-6-2-1-3-7-15/h1-9,17-18,22H,10-14H2,(H,23,24). The highest BCUT2D eigenvalue weighted by Gasteiger charge is 2.30. The molecule has 4 nitrogen and oxygen atoms in total. The van der Waals surface area contributed by atoms with Gasteiger partial charge in [0.05, 0.1) is 0 Å². The van der Waals surface area contributed by atoms with Crippen molar-refractivity contribution in [2.75, 3.05) is 6.54 Å². The largest absolute Gasteiger partial charge is 0.445 e. The van der Waals surface area contributed by atoms with Crippen molar-refractivity contribution < 1.29 is 9.53 Å². The lowest BCUT2D eigenvalue weighted by Crippen LogP contribution is -2.52. The lowest BCUT2D eigenvalue weighted by Gasteiger charge is -2.36. The fraction of sp³-hybridized carbons (Fsp3) is 0.350. The molecule has 2 N–H and O–H groups in total. The maximum atomic E-state index is 11.8. The van der Waals surface area contributed by atoms with E-state index in [2.05, 4.69) is 16.7 Å². The zero-order valence-corrected chi connectivity index (χ0v) is 14.8. The number of halogens is 1. The van der Waals surface area contributed by atoms with Crippen molar-refractivity contribution in [1.29, 1.82) is 0 Å². The summed E-state index contributed by atoms with van der Waals surface area (Å²) in [5.74, 6) is 0. The predicted molar refractivity (Wildman–Crippen MR) is 99.7 cm³/mol. The smallest absolute Gasteiger partial charge is 0.407 e. The number of carbonyl (C=O) groups excluding carboxylic acids is 1. The first-order valence-corrected chi connectivity index (χ1v) is 9.02. The lowest BCUT2D eigenvalue weighted by molar-refractivity contribution is 0.125. The van der Waals surface area contributed by atoms with Crippen LogP contribution in [0.15, 0.2) is 54.6 Å². The van der Waals surface area contributed by atoms with Crippen molar-refractivity contribution in [3.05, 3.63) is 70.7 Å². The van der Waals surface area contributed by atoms with Gasteiger partial charge in [-0.1, -0.05) is 60.1 Å². The van der Waals surface area contributed by atoms with E-state index >= 15 is 0 Å². The van der Waals surface area contributed by atoms with Crippen LogP contribution in [0.1, 0.15) is 24.0 Å². The molecule has 1 amide bonds. The summed E-state index contributed by atoms with van der Waals surface area (Å²) >= 11 is 6.15. The first kappa shape index (κ1) is 17.8. The molecule has 25 heavy (non-hydrogen) atoms. The van der Waals surface area contributed by atoms with Gasteiger partial charge in [-0.3, -0.25) is 0 Å². The first-order valence-electron chi connectivity index (χ1n) is 8.64. The van der Waals surface area contributed by atoms with Crippen LogP contribution in [0.4, 0.5) is 4.79 Å². The summed E-state index contributed by atoms with van der Waals surface area (Å²) in [5.41, 5.74) is 2.15. The van der Waals surface area contributed by atoms with Crippen molar-refractivity contribution in [3.63, 3.8) is 0 Å². The molecular formula is C20H23ClN2O2. The van der Waals surface area contributed by atoms with Crippen molar-refractivity contribution in [1.82, 2.24) is 10.6 Å². The normalized spacial score (nSPS) is 19.1. The van der Waals surface area contributed by atoms with Gasteiger partial charge in [0.2, 0.25) is 0 Å². The molecule has 1 aliphatic carbocycles. The number of ether oxygens (including phenoxy) is 1. The molecule has 1 fully saturated rings. The summed E-state index contributed by atoms with van der Waals surface area (Å²) in [4.78, 5) is 11.8. The quantitative estimate of drug-likeness (QED) is 0.788. The SMILES string of the molecule is O=C(NC1CC(NCCc2ccccc2Cl)C1)OCc1ccccc1. The fourth-order valence-corrected chi connectivity index (χ4v) is 3.18. The van der Waals surface area contributed by atoms with Crippen molar-refractivity contribution in [2.24, 2.45) is 0 Å². The Bertz CT molecular complexity index is 687. The van der Waals surface area contributed by atoms with Crippen molar-refractivity contribution in [2.45, 2.75) is 38.0 Å². The van der Waals surface area contributed by atoms with Crippen molar-refractivity contribution in [3.8, 4) is 0 Å². The number of benzene rings is 2. The van der Waals surface area contributed by atoms with Crippen LogP contribution in [0.5, 0.6) is 0 Å². The van der Waals surface area contributed by atoms with Gasteiger partial charge in [0, 0.05) is 17.1 Å². The second-order valence-corrected chi connectivity index (χ2v) is 6.77. The van der Waals surface area contributed by atoms with Gasteiger partial charge in [0.25, 0.3) is 0 Å². The summed E-state index contributed by atoms with van der Waals surface area (Å²) in [6.07, 6.45) is 2.43. The number of amides is 1. The van der Waals surface area contributed by atoms with Gasteiger partial charge in [-0.2, -0.15) is 0 Å². The van der Waals surface area contributed by atoms with Crippen LogP contribution in [0.2, 0.25) is 5.02 Å².